The summed E-state index contributed by atoms with van der Waals surface area (Å²) < 4.78 is 16.8. The van der Waals surface area contributed by atoms with Gasteiger partial charge in [-0.2, -0.15) is 0 Å². The van der Waals surface area contributed by atoms with Gasteiger partial charge in [0.05, 0.1) is 38.2 Å². The van der Waals surface area contributed by atoms with Crippen LogP contribution in [0.5, 0.6) is 5.75 Å². The number of hydrogen-bond acceptors (Lipinski definition) is 22. The lowest BCUT2D eigenvalue weighted by molar-refractivity contribution is -0.161. The third kappa shape index (κ3) is 28.2. The van der Waals surface area contributed by atoms with Crippen molar-refractivity contribution in [3.8, 4) is 5.75 Å². The van der Waals surface area contributed by atoms with Crippen molar-refractivity contribution in [2.75, 3.05) is 41.5 Å². The van der Waals surface area contributed by atoms with E-state index in [-0.39, 0.29) is 29.6 Å². The predicted octanol–water partition coefficient (Wildman–Crippen LogP) is -5.00. The van der Waals surface area contributed by atoms with E-state index in [1.165, 1.54) is 72.2 Å². The standard InChI is InChI=1S/C66H107N15O21/c1-30(2)24-32(5)16-19-41(84)26-48(87)72-42(27-47(69)86)58(91)77-52(37(10)82)62(95)76-51(35(8)67)61(94)75-50(33(6)34(7)56(70)89)60(93)78-53-38(11)102-66(99)36(9)80(12)65(98)54(55(101-15)39-17-20-40(83)21-18-39)79-59(92)45(22-23-46(68)85)81(13)64(97)43(25-31(3)4)73-49(88)28-71-57(90)44(29-100-14)74-63(53)96/h16-21,30-38,41-45,50-55,82-84H,22-29,67H2,1-15H3,(H2,68,85)(H2,69,86)(H2,70,89)(H,71,90)(H,72,87)(H,73,88)(H,74,96)(H,75,94)(H,76,95)(H,77,91)(H,78,93)(H,79,92). The molecule has 18 unspecified atom stereocenters. The van der Waals surface area contributed by atoms with Gasteiger partial charge in [0.2, 0.25) is 82.7 Å². The molecular weight excluding hydrogens is 1340 g/mol. The summed E-state index contributed by atoms with van der Waals surface area (Å²) in [4.78, 5) is 211. The number of phenols is 1. The summed E-state index contributed by atoms with van der Waals surface area (Å²) in [5.41, 5.74) is 23.1. The first kappa shape index (κ1) is 88.7. The largest absolute Gasteiger partial charge is 0.508 e. The molecule has 1 aromatic carbocycles. The molecule has 36 nitrogen and oxygen atoms in total. The van der Waals surface area contributed by atoms with Crippen LogP contribution in [0.25, 0.3) is 0 Å². The van der Waals surface area contributed by atoms with Crippen LogP contribution >= 0.6 is 0 Å². The number of nitrogens with two attached hydrogens (primary N) is 4. The first-order valence-electron chi connectivity index (χ1n) is 33.4. The van der Waals surface area contributed by atoms with Crippen LogP contribution in [0.4, 0.5) is 0 Å². The molecule has 2 rings (SSSR count). The van der Waals surface area contributed by atoms with Gasteiger partial charge in [-0.3, -0.25) is 67.1 Å². The number of likely N-dealkylation sites (N-methyl/N-ethyl adjacent to an activating group) is 2. The number of nitrogens with one attached hydrogen (secondary N) is 9. The monoisotopic (exact) mass is 1450 g/mol. The minimum atomic E-state index is -2.15. The van der Waals surface area contributed by atoms with Crippen molar-refractivity contribution in [1.29, 1.82) is 0 Å². The second kappa shape index (κ2) is 42.1. The Morgan fingerprint density at radius 2 is 1.27 bits per heavy atom. The summed E-state index contributed by atoms with van der Waals surface area (Å²) in [6.45, 7) is 15.0. The summed E-state index contributed by atoms with van der Waals surface area (Å²) in [6, 6.07) is -14.2. The van der Waals surface area contributed by atoms with E-state index < -0.39 is 230 Å². The molecule has 1 fully saturated rings. The third-order valence-electron chi connectivity index (χ3n) is 16.9. The Morgan fingerprint density at radius 3 is 1.80 bits per heavy atom. The number of methoxy groups -OCH3 is 2. The van der Waals surface area contributed by atoms with E-state index in [1.54, 1.807) is 19.9 Å². The highest BCUT2D eigenvalue weighted by molar-refractivity contribution is 6.00. The number of aliphatic hydroxyl groups excluding tert-OH is 2. The lowest BCUT2D eigenvalue weighted by Gasteiger charge is -2.36. The SMILES string of the molecule is COCC1NC(=O)C(NC(=O)C(NC(=O)C(NC(=O)C(NC(=O)C(CC(N)=O)NC(=O)CC(O)C=CC(C)CC(C)C)C(C)O)C(C)N)C(C)C(C)C(N)=O)C(C)OC(=O)C(C)N(C)C(=O)C(C(OC)c2ccc(O)cc2)NC(=O)C(CCC(N)=O)N(C)C(=O)C(CC(C)C)NC(=O)CNC1=O. The number of amides is 14. The normalized spacial score (nSPS) is 22.7. The number of ether oxygens (including phenoxy) is 3. The Morgan fingerprint density at radius 1 is 0.686 bits per heavy atom. The average molecular weight is 1450 g/mol. The number of allylic oxidation sites excluding steroid dienone is 1. The minimum Gasteiger partial charge on any atom is -0.508 e. The van der Waals surface area contributed by atoms with Gasteiger partial charge in [0.25, 0.3) is 0 Å². The van der Waals surface area contributed by atoms with Crippen molar-refractivity contribution in [1.82, 2.24) is 57.7 Å². The predicted molar refractivity (Wildman–Crippen MR) is 365 cm³/mol. The zero-order chi connectivity index (χ0) is 77.9. The highest BCUT2D eigenvalue weighted by Crippen LogP contribution is 2.27. The number of nitrogens with zero attached hydrogens (tertiary/aromatic N) is 2. The molecule has 18 atom stereocenters. The van der Waals surface area contributed by atoms with Crippen molar-refractivity contribution < 1.29 is 101 Å². The lowest BCUT2D eigenvalue weighted by atomic mass is 9.87. The number of aliphatic hydroxyl groups is 2. The van der Waals surface area contributed by atoms with Crippen LogP contribution in [-0.2, 0) is 86.1 Å². The summed E-state index contributed by atoms with van der Waals surface area (Å²) in [6.07, 6.45) is -4.84. The van der Waals surface area contributed by atoms with Crippen molar-refractivity contribution in [3.05, 3.63) is 42.0 Å². The van der Waals surface area contributed by atoms with Gasteiger partial charge in [-0.15, -0.1) is 0 Å². The number of carbonyl (C=O) groups excluding carboxylic acids is 15. The fraction of sp³-hybridized carbons (Fsp3) is 0.652. The Labute approximate surface area is 593 Å². The van der Waals surface area contributed by atoms with Crippen LogP contribution in [0.3, 0.4) is 0 Å². The third-order valence-corrected chi connectivity index (χ3v) is 16.9. The fourth-order valence-electron chi connectivity index (χ4n) is 10.8. The molecule has 0 bridgehead atoms. The van der Waals surface area contributed by atoms with E-state index in [2.05, 4.69) is 47.9 Å². The molecule has 0 aromatic heterocycles. The van der Waals surface area contributed by atoms with E-state index in [4.69, 9.17) is 37.1 Å². The molecule has 20 N–H and O–H groups in total. The average Bonchev–Trinajstić information content (AvgIpc) is 0.811. The Balaban J connectivity index is 2.84. The molecule has 102 heavy (non-hydrogen) atoms. The maximum absolute atomic E-state index is 15.0. The van der Waals surface area contributed by atoms with Gasteiger partial charge >= 0.3 is 5.97 Å². The zero-order valence-corrected chi connectivity index (χ0v) is 60.6. The highest BCUT2D eigenvalue weighted by Gasteiger charge is 2.44. The smallest absolute Gasteiger partial charge is 0.328 e. The van der Waals surface area contributed by atoms with E-state index in [9.17, 15) is 77.6 Å². The van der Waals surface area contributed by atoms with Gasteiger partial charge in [0, 0.05) is 46.7 Å². The van der Waals surface area contributed by atoms with Crippen LogP contribution in [0.15, 0.2) is 36.4 Å². The number of cyclic esters (lactones) is 1. The molecule has 1 aromatic rings. The van der Waals surface area contributed by atoms with Crippen LogP contribution in [0.2, 0.25) is 0 Å². The van der Waals surface area contributed by atoms with Crippen LogP contribution in [0.1, 0.15) is 126 Å². The van der Waals surface area contributed by atoms with Crippen molar-refractivity contribution >= 4 is 88.7 Å². The first-order valence-corrected chi connectivity index (χ1v) is 33.4. The number of phenolic OH excluding ortho intramolecular Hbond substituents is 1. The quantitative estimate of drug-likeness (QED) is 0.0237. The van der Waals surface area contributed by atoms with Crippen LogP contribution in [0, 0.1) is 29.6 Å². The zero-order valence-electron chi connectivity index (χ0n) is 60.6. The lowest BCUT2D eigenvalue weighted by Crippen LogP contribution is -2.66. The maximum atomic E-state index is 15.0. The first-order chi connectivity index (χ1) is 47.5. The topological polar surface area (TPSA) is 563 Å². The molecule has 0 radical (unpaired) electrons. The molecule has 36 heteroatoms. The van der Waals surface area contributed by atoms with E-state index in [1.807, 2.05) is 20.8 Å². The number of primary amides is 3. The molecule has 0 aliphatic carbocycles. The summed E-state index contributed by atoms with van der Waals surface area (Å²) in [7, 11) is 4.65. The summed E-state index contributed by atoms with van der Waals surface area (Å²) in [5, 5.41) is 53.0. The molecular formula is C66H107N15O21. The second-order valence-electron chi connectivity index (χ2n) is 26.6. The Kier molecular flexibility index (Phi) is 36.6. The van der Waals surface area contributed by atoms with Gasteiger partial charge < -0.3 is 110 Å². The van der Waals surface area contributed by atoms with Crippen molar-refractivity contribution in [2.45, 2.75) is 206 Å². The minimum absolute atomic E-state index is 0.0489. The van der Waals surface area contributed by atoms with E-state index in [0.717, 1.165) is 44.2 Å². The number of rotatable bonds is 32. The van der Waals surface area contributed by atoms with Crippen molar-refractivity contribution in [3.63, 3.8) is 0 Å². The van der Waals surface area contributed by atoms with Crippen molar-refractivity contribution in [2.24, 2.45) is 52.5 Å². The highest BCUT2D eigenvalue weighted by atomic mass is 16.5. The molecule has 1 saturated heterocycles. The summed E-state index contributed by atoms with van der Waals surface area (Å²) in [5.74, 6) is -19.5. The van der Waals surface area contributed by atoms with Gasteiger partial charge in [-0.05, 0) is 88.3 Å². The molecule has 1 heterocycles. The molecule has 14 amide bonds. The Hall–Kier alpha value is -9.39. The fourth-order valence-corrected chi connectivity index (χ4v) is 10.8. The van der Waals surface area contributed by atoms with Crippen LogP contribution < -0.4 is 70.8 Å². The number of benzene rings is 1. The number of esters is 1. The molecule has 1 aliphatic rings. The maximum Gasteiger partial charge on any atom is 0.328 e. The molecule has 0 spiro atoms. The second-order valence-corrected chi connectivity index (χ2v) is 26.6. The van der Waals surface area contributed by atoms with Gasteiger partial charge in [0.15, 0.2) is 0 Å². The summed E-state index contributed by atoms with van der Waals surface area (Å²) >= 11 is 0. The van der Waals surface area contributed by atoms with E-state index in [0.29, 0.717) is 5.92 Å². The number of carbonyl (C=O) groups is 15. The molecule has 572 valence electrons. The number of aromatic hydroxyl groups is 1. The van der Waals surface area contributed by atoms with Gasteiger partial charge in [0.1, 0.15) is 78.4 Å². The molecule has 0 saturated carbocycles. The van der Waals surface area contributed by atoms with Crippen LogP contribution in [-0.4, -0.2) is 240 Å². The number of hydrogen-bond donors (Lipinski definition) is 16. The van der Waals surface area contributed by atoms with E-state index >= 15 is 9.59 Å². The Bertz CT molecular complexity index is 3130. The molecule has 1 aliphatic heterocycles. The van der Waals surface area contributed by atoms with Gasteiger partial charge in [-0.25, -0.2) is 4.79 Å². The van der Waals surface area contributed by atoms with Gasteiger partial charge in [-0.1, -0.05) is 72.8 Å².